The number of phosphoric ester groups is 2. The van der Waals surface area contributed by atoms with E-state index in [1.807, 2.05) is 0 Å². The van der Waals surface area contributed by atoms with Crippen LogP contribution in [0.4, 0.5) is 0 Å². The molecule has 546 valence electrons. The smallest absolute Gasteiger partial charge is 0.462 e. The summed E-state index contributed by atoms with van der Waals surface area (Å²) in [5.74, 6) is -0.495. The van der Waals surface area contributed by atoms with Gasteiger partial charge >= 0.3 is 39.5 Å². The third-order valence-electron chi connectivity index (χ3n) is 17.3. The molecule has 3 unspecified atom stereocenters. The number of unbranched alkanes of at least 4 members (excludes halogenated alkanes) is 41. The number of ether oxygens (including phenoxy) is 4. The van der Waals surface area contributed by atoms with Crippen molar-refractivity contribution in [1.82, 2.24) is 0 Å². The van der Waals surface area contributed by atoms with Crippen molar-refractivity contribution in [3.8, 4) is 0 Å². The Balaban J connectivity index is 5.16. The van der Waals surface area contributed by atoms with Crippen LogP contribution in [0.15, 0.2) is 0 Å². The fraction of sp³-hybridized carbons (Fsp3) is 0.945. The van der Waals surface area contributed by atoms with E-state index < -0.39 is 97.5 Å². The minimum Gasteiger partial charge on any atom is -0.462 e. The topological polar surface area (TPSA) is 237 Å². The van der Waals surface area contributed by atoms with Crippen molar-refractivity contribution < 1.29 is 80.2 Å². The Bertz CT molecular complexity index is 1790. The lowest BCUT2D eigenvalue weighted by molar-refractivity contribution is -0.161. The van der Waals surface area contributed by atoms with Gasteiger partial charge < -0.3 is 33.8 Å². The van der Waals surface area contributed by atoms with Crippen LogP contribution in [0.25, 0.3) is 0 Å². The maximum absolute atomic E-state index is 13.1. The molecule has 0 saturated carbocycles. The van der Waals surface area contributed by atoms with Gasteiger partial charge in [0.2, 0.25) is 0 Å². The first-order valence-corrected chi connectivity index (χ1v) is 41.0. The van der Waals surface area contributed by atoms with Crippen molar-refractivity contribution in [1.29, 1.82) is 0 Å². The second-order valence-electron chi connectivity index (χ2n) is 27.1. The van der Waals surface area contributed by atoms with Crippen molar-refractivity contribution in [2.75, 3.05) is 39.6 Å². The van der Waals surface area contributed by atoms with Gasteiger partial charge in [-0.05, 0) is 37.5 Å². The molecule has 0 aliphatic rings. The number of rotatable bonds is 72. The van der Waals surface area contributed by atoms with E-state index in [0.717, 1.165) is 115 Å². The minimum atomic E-state index is -4.95. The van der Waals surface area contributed by atoms with Gasteiger partial charge in [-0.15, -0.1) is 0 Å². The van der Waals surface area contributed by atoms with Crippen LogP contribution in [0.3, 0.4) is 0 Å². The maximum Gasteiger partial charge on any atom is 0.472 e. The summed E-state index contributed by atoms with van der Waals surface area (Å²) in [5, 5.41) is 10.6. The van der Waals surface area contributed by atoms with Crippen LogP contribution in [-0.2, 0) is 65.4 Å². The van der Waals surface area contributed by atoms with Crippen molar-refractivity contribution in [2.24, 2.45) is 11.8 Å². The molecule has 0 amide bonds. The molecule has 0 heterocycles. The molecule has 0 saturated heterocycles. The van der Waals surface area contributed by atoms with E-state index in [4.69, 9.17) is 37.0 Å². The zero-order valence-electron chi connectivity index (χ0n) is 59.9. The highest BCUT2D eigenvalue weighted by atomic mass is 31.2. The highest BCUT2D eigenvalue weighted by molar-refractivity contribution is 7.47. The van der Waals surface area contributed by atoms with E-state index in [0.29, 0.717) is 25.7 Å². The molecule has 0 fully saturated rings. The summed E-state index contributed by atoms with van der Waals surface area (Å²) in [4.78, 5) is 72.5. The number of hydrogen-bond acceptors (Lipinski definition) is 15. The van der Waals surface area contributed by atoms with Gasteiger partial charge in [0, 0.05) is 25.7 Å². The lowest BCUT2D eigenvalue weighted by atomic mass is 9.99. The molecule has 0 aromatic carbocycles. The van der Waals surface area contributed by atoms with Gasteiger partial charge in [-0.3, -0.25) is 37.3 Å². The summed E-state index contributed by atoms with van der Waals surface area (Å²) < 4.78 is 68.2. The van der Waals surface area contributed by atoms with Crippen molar-refractivity contribution >= 4 is 39.5 Å². The van der Waals surface area contributed by atoms with Gasteiger partial charge in [0.25, 0.3) is 0 Å². The predicted molar refractivity (Wildman–Crippen MR) is 372 cm³/mol. The average molecular weight is 1350 g/mol. The predicted octanol–water partition coefficient (Wildman–Crippen LogP) is 21.2. The number of hydrogen-bond donors (Lipinski definition) is 3. The molecule has 17 nitrogen and oxygen atoms in total. The number of carbonyl (C=O) groups is 4. The fourth-order valence-electron chi connectivity index (χ4n) is 11.1. The molecule has 0 bridgehead atoms. The number of esters is 4. The lowest BCUT2D eigenvalue weighted by Gasteiger charge is -2.21. The monoisotopic (exact) mass is 1350 g/mol. The molecule has 19 heteroatoms. The van der Waals surface area contributed by atoms with Crippen LogP contribution in [0, 0.1) is 11.8 Å². The van der Waals surface area contributed by atoms with Gasteiger partial charge in [-0.25, -0.2) is 9.13 Å². The second kappa shape index (κ2) is 65.0. The third-order valence-corrected chi connectivity index (χ3v) is 19.2. The molecule has 0 radical (unpaired) electrons. The highest BCUT2D eigenvalue weighted by Gasteiger charge is 2.30. The summed E-state index contributed by atoms with van der Waals surface area (Å²) in [6, 6.07) is 0. The van der Waals surface area contributed by atoms with Crippen LogP contribution >= 0.6 is 15.6 Å². The van der Waals surface area contributed by atoms with Crippen molar-refractivity contribution in [2.45, 2.75) is 394 Å². The van der Waals surface area contributed by atoms with Crippen LogP contribution in [-0.4, -0.2) is 96.7 Å². The summed E-state index contributed by atoms with van der Waals surface area (Å²) in [7, 11) is -9.90. The summed E-state index contributed by atoms with van der Waals surface area (Å²) >= 11 is 0. The molecule has 0 aliphatic heterocycles. The molecule has 0 aliphatic carbocycles. The highest BCUT2D eigenvalue weighted by Crippen LogP contribution is 2.45. The Morgan fingerprint density at radius 2 is 0.554 bits per heavy atom. The molecule has 92 heavy (non-hydrogen) atoms. The van der Waals surface area contributed by atoms with Gasteiger partial charge in [-0.2, -0.15) is 0 Å². The van der Waals surface area contributed by atoms with Gasteiger partial charge in [0.15, 0.2) is 12.2 Å². The molecular weight excluding hydrogens is 1210 g/mol. The fourth-order valence-corrected chi connectivity index (χ4v) is 12.7. The largest absolute Gasteiger partial charge is 0.472 e. The first kappa shape index (κ1) is 90.1. The van der Waals surface area contributed by atoms with E-state index in [9.17, 15) is 43.2 Å². The maximum atomic E-state index is 13.1. The standard InChI is InChI=1S/C73H142O17P2/c1-7-10-12-14-16-17-32-39-45-51-57-72(77)89-68(61-83-70(75)55-49-43-35-15-13-11-8-2)63-87-91(79,80)85-59-67(74)60-86-92(81,82)88-64-69(62-84-71(76)56-50-44-38-33-29-28-31-37-42-48-54-66(6)9-3)90-73(78)58-52-46-40-34-27-25-23-21-19-18-20-22-24-26-30-36-41-47-53-65(4)5/h65-69,74H,7-64H2,1-6H3,(H,79,80)(H,81,82)/t66?,67-,68+,69+/m0/s1. The Kier molecular flexibility index (Phi) is 63.7. The second-order valence-corrected chi connectivity index (χ2v) is 30.0. The first-order chi connectivity index (χ1) is 44.4. The normalized spacial score (nSPS) is 14.4. The zero-order valence-corrected chi connectivity index (χ0v) is 61.6. The van der Waals surface area contributed by atoms with Gasteiger partial charge in [0.05, 0.1) is 26.4 Å². The van der Waals surface area contributed by atoms with E-state index in [2.05, 4.69) is 41.5 Å². The van der Waals surface area contributed by atoms with E-state index in [1.165, 1.54) is 180 Å². The van der Waals surface area contributed by atoms with Gasteiger partial charge in [0.1, 0.15) is 19.3 Å². The Morgan fingerprint density at radius 3 is 0.826 bits per heavy atom. The lowest BCUT2D eigenvalue weighted by Crippen LogP contribution is -2.30. The minimum absolute atomic E-state index is 0.106. The van der Waals surface area contributed by atoms with E-state index >= 15 is 0 Å². The van der Waals surface area contributed by atoms with Crippen LogP contribution in [0.5, 0.6) is 0 Å². The zero-order chi connectivity index (χ0) is 67.9. The Labute approximate surface area is 562 Å². The van der Waals surface area contributed by atoms with Crippen LogP contribution in [0.1, 0.15) is 375 Å². The third kappa shape index (κ3) is 65.4. The number of phosphoric acid groups is 2. The SMILES string of the molecule is CCCCCCCCCCCCC(=O)O[C@H](COC(=O)CCCCCCCCC)COP(=O)(O)OC[C@H](O)COP(=O)(O)OC[C@@H](COC(=O)CCCCCCCCCCCCC(C)CC)OC(=O)CCCCCCCCCCCCCCCCCCCCC(C)C. The molecule has 0 spiro atoms. The number of carbonyl (C=O) groups excluding carboxylic acids is 4. The summed E-state index contributed by atoms with van der Waals surface area (Å²) in [5.41, 5.74) is 0. The molecule has 0 rings (SSSR count). The van der Waals surface area contributed by atoms with Crippen LogP contribution in [0.2, 0.25) is 0 Å². The molecule has 3 N–H and O–H groups in total. The molecule has 0 aromatic heterocycles. The Hall–Kier alpha value is -1.94. The Morgan fingerprint density at radius 1 is 0.315 bits per heavy atom. The van der Waals surface area contributed by atoms with Crippen molar-refractivity contribution in [3.63, 3.8) is 0 Å². The quantitative estimate of drug-likeness (QED) is 0.0222. The van der Waals surface area contributed by atoms with E-state index in [1.54, 1.807) is 0 Å². The first-order valence-electron chi connectivity index (χ1n) is 38.0. The summed E-state index contributed by atoms with van der Waals surface area (Å²) in [6.45, 7) is 9.58. The van der Waals surface area contributed by atoms with Gasteiger partial charge in [-0.1, -0.05) is 324 Å². The number of aliphatic hydroxyl groups excluding tert-OH is 1. The molecule has 0 aromatic rings. The van der Waals surface area contributed by atoms with Crippen molar-refractivity contribution in [3.05, 3.63) is 0 Å². The summed E-state index contributed by atoms with van der Waals surface area (Å²) in [6.07, 6.45) is 51.5. The number of aliphatic hydroxyl groups is 1. The molecular formula is C73H142O17P2. The van der Waals surface area contributed by atoms with E-state index in [-0.39, 0.29) is 25.7 Å². The average Bonchev–Trinajstić information content (AvgIpc) is 3.65. The van der Waals surface area contributed by atoms with Crippen LogP contribution < -0.4 is 0 Å². The molecule has 6 atom stereocenters.